The van der Waals surface area contributed by atoms with Crippen molar-refractivity contribution in [2.45, 2.75) is 39.7 Å². The first-order valence-electron chi connectivity index (χ1n) is 13.8. The van der Waals surface area contributed by atoms with Crippen molar-refractivity contribution in [2.75, 3.05) is 31.6 Å². The van der Waals surface area contributed by atoms with E-state index >= 15 is 0 Å². The van der Waals surface area contributed by atoms with Crippen molar-refractivity contribution in [1.82, 2.24) is 10.2 Å². The van der Waals surface area contributed by atoms with Gasteiger partial charge in [-0.05, 0) is 55.7 Å². The normalized spacial score (nSPS) is 13.0. The predicted molar refractivity (Wildman–Crippen MR) is 161 cm³/mol. The van der Waals surface area contributed by atoms with Gasteiger partial charge in [0.1, 0.15) is 18.8 Å². The molecule has 2 aromatic carbocycles. The number of nitrogens with zero attached hydrogens (tertiary/aromatic N) is 4. The Morgan fingerprint density at radius 3 is 2.14 bits per heavy atom. The molecule has 0 aromatic heterocycles. The fourth-order valence-electron chi connectivity index (χ4n) is 4.49. The maximum absolute atomic E-state index is 13.2. The van der Waals surface area contributed by atoms with Crippen molar-refractivity contribution in [1.29, 1.82) is 0 Å². The van der Waals surface area contributed by atoms with Gasteiger partial charge in [0.15, 0.2) is 0 Å². The van der Waals surface area contributed by atoms with Crippen molar-refractivity contribution in [3.05, 3.63) is 117 Å². The van der Waals surface area contributed by atoms with Gasteiger partial charge in [-0.15, -0.1) is 0 Å². The van der Waals surface area contributed by atoms with Crippen LogP contribution in [0.5, 0.6) is 0 Å². The van der Waals surface area contributed by atoms with Gasteiger partial charge in [0.05, 0.1) is 37.0 Å². The number of rotatable bonds is 12. The number of carbonyl (C=O) groups excluding carboxylic acids is 3. The molecule has 0 saturated heterocycles. The summed E-state index contributed by atoms with van der Waals surface area (Å²) >= 11 is 0. The van der Waals surface area contributed by atoms with E-state index in [4.69, 9.17) is 29.2 Å². The first-order valence-corrected chi connectivity index (χ1v) is 13.8. The van der Waals surface area contributed by atoms with Crippen LogP contribution in [0.25, 0.3) is 20.1 Å². The van der Waals surface area contributed by atoms with E-state index in [2.05, 4.69) is 25.2 Å². The molecule has 2 amide bonds. The Labute approximate surface area is 251 Å². The number of nitrogens with one attached hydrogen (secondary N) is 2. The first kappa shape index (κ1) is 31.9. The van der Waals surface area contributed by atoms with Gasteiger partial charge in [-0.2, -0.15) is 9.69 Å². The molecule has 11 nitrogen and oxygen atoms in total. The maximum Gasteiger partial charge on any atom is 0.532 e. The number of anilines is 1. The summed E-state index contributed by atoms with van der Waals surface area (Å²) in [4.78, 5) is 48.1. The smallest absolute Gasteiger partial charge is 0.462 e. The number of carbonyl (C=O) groups is 3. The maximum atomic E-state index is 13.2. The van der Waals surface area contributed by atoms with Crippen LogP contribution in [0.15, 0.2) is 65.7 Å². The Bertz CT molecular complexity index is 1520. The van der Waals surface area contributed by atoms with E-state index in [1.165, 1.54) is 4.90 Å². The quantitative estimate of drug-likeness (QED) is 0.180. The number of esters is 1. The zero-order chi connectivity index (χ0) is 31.4. The molecule has 0 saturated carbocycles. The molecule has 0 bridgehead atoms. The van der Waals surface area contributed by atoms with Gasteiger partial charge in [-0.3, -0.25) is 4.79 Å². The van der Waals surface area contributed by atoms with Gasteiger partial charge >= 0.3 is 17.9 Å². The van der Waals surface area contributed by atoms with Crippen LogP contribution in [0.2, 0.25) is 0 Å². The molecule has 1 atom stereocenters. The summed E-state index contributed by atoms with van der Waals surface area (Å²) in [5.74, 6) is -1.18. The highest BCUT2D eigenvalue weighted by atomic mass is 16.6. The highest BCUT2D eigenvalue weighted by Gasteiger charge is 2.40. The monoisotopic (exact) mass is 580 g/mol. The third kappa shape index (κ3) is 7.58. The molecular weight excluding hydrogens is 548 g/mol. The average Bonchev–Trinajstić information content (AvgIpc) is 3.31. The minimum Gasteiger partial charge on any atom is -0.462 e. The molecule has 1 aliphatic heterocycles. The van der Waals surface area contributed by atoms with Crippen LogP contribution >= 0.6 is 0 Å². The molecule has 43 heavy (non-hydrogen) atoms. The number of alkyl carbamates (subject to hydrolysis) is 1. The lowest BCUT2D eigenvalue weighted by molar-refractivity contribution is -0.122. The molecule has 2 aromatic rings. The van der Waals surface area contributed by atoms with Crippen LogP contribution in [0.1, 0.15) is 61.1 Å². The Hall–Kier alpha value is -5.60. The van der Waals surface area contributed by atoms with E-state index in [9.17, 15) is 14.4 Å². The Kier molecular flexibility index (Phi) is 11.4. The molecule has 1 heterocycles. The highest BCUT2D eigenvalue weighted by Crippen LogP contribution is 2.39. The molecule has 1 aliphatic rings. The summed E-state index contributed by atoms with van der Waals surface area (Å²) in [6.07, 6.45) is 0.640. The van der Waals surface area contributed by atoms with Gasteiger partial charge < -0.3 is 25.0 Å². The molecular formula is C32H32N6O5. The van der Waals surface area contributed by atoms with Crippen LogP contribution in [-0.4, -0.2) is 49.2 Å². The molecule has 220 valence electrons. The Balaban J connectivity index is 1.68. The van der Waals surface area contributed by atoms with Gasteiger partial charge in [-0.1, -0.05) is 31.2 Å². The summed E-state index contributed by atoms with van der Waals surface area (Å²) in [5, 5.41) is 5.98. The molecule has 0 spiro atoms. The lowest BCUT2D eigenvalue weighted by Gasteiger charge is -2.19. The summed E-state index contributed by atoms with van der Waals surface area (Å²) in [6, 6.07) is 14.1. The number of ether oxygens (including phenoxy) is 2. The van der Waals surface area contributed by atoms with E-state index in [1.54, 1.807) is 38.1 Å². The van der Waals surface area contributed by atoms with E-state index in [0.29, 0.717) is 24.1 Å². The zero-order valence-corrected chi connectivity index (χ0v) is 24.3. The number of amides is 2. The molecule has 0 fully saturated rings. The summed E-state index contributed by atoms with van der Waals surface area (Å²) in [5.41, 5.74) is 2.92. The topological polar surface area (TPSA) is 110 Å². The Morgan fingerprint density at radius 1 is 0.930 bits per heavy atom. The second kappa shape index (κ2) is 15.4. The molecule has 1 unspecified atom stereocenters. The van der Waals surface area contributed by atoms with Crippen molar-refractivity contribution in [3.8, 4) is 0 Å². The SMILES string of the molecule is [C-]#[N+]C([N+]#[C-])=C1C([N+]#[C-])=C(c2ccc(NC(CC)c3ccc(C(=O)OCCCOC(=O)NCC)cc3)cc2)C(=O)N1CC. The molecule has 3 rings (SSSR count). The fourth-order valence-corrected chi connectivity index (χ4v) is 4.49. The average molecular weight is 581 g/mol. The number of benzene rings is 2. The lowest BCUT2D eigenvalue weighted by Crippen LogP contribution is -2.25. The van der Waals surface area contributed by atoms with Crippen LogP contribution in [0, 0.1) is 19.7 Å². The minimum absolute atomic E-state index is 0.00678. The number of hydrogen-bond acceptors (Lipinski definition) is 6. The predicted octanol–water partition coefficient (Wildman–Crippen LogP) is 6.04. The van der Waals surface area contributed by atoms with Crippen LogP contribution in [0.3, 0.4) is 0 Å². The van der Waals surface area contributed by atoms with Gasteiger partial charge in [0.25, 0.3) is 0 Å². The van der Waals surface area contributed by atoms with Crippen molar-refractivity contribution in [2.24, 2.45) is 0 Å². The largest absolute Gasteiger partial charge is 0.532 e. The van der Waals surface area contributed by atoms with Crippen molar-refractivity contribution in [3.63, 3.8) is 0 Å². The third-order valence-electron chi connectivity index (χ3n) is 6.59. The zero-order valence-electron chi connectivity index (χ0n) is 24.3. The first-order chi connectivity index (χ1) is 20.8. The van der Waals surface area contributed by atoms with Gasteiger partial charge in [0.2, 0.25) is 11.6 Å². The summed E-state index contributed by atoms with van der Waals surface area (Å²) in [7, 11) is 0. The van der Waals surface area contributed by atoms with Crippen molar-refractivity contribution < 1.29 is 23.9 Å². The van der Waals surface area contributed by atoms with Crippen LogP contribution in [0.4, 0.5) is 10.5 Å². The summed E-state index contributed by atoms with van der Waals surface area (Å²) in [6.45, 7) is 28.8. The van der Waals surface area contributed by atoms with Gasteiger partial charge in [-0.25, -0.2) is 14.4 Å². The number of hydrogen-bond donors (Lipinski definition) is 2. The second-order valence-corrected chi connectivity index (χ2v) is 9.24. The van der Waals surface area contributed by atoms with Crippen LogP contribution < -0.4 is 10.6 Å². The standard InChI is InChI=1S/C32H32N6O5/c1-7-25(21-11-13-23(14-12-21)31(40)42-19-10-20-43-32(41)36-8-2)37-24-17-15-22(16-18-24)26-27(33-4)28(29(34-5)35-6)38(9-3)30(26)39/h11-18,25,37H,7-10,19-20H2,1-3H3,(H,36,41). The minimum atomic E-state index is -0.502. The van der Waals surface area contributed by atoms with Gasteiger partial charge in [0, 0.05) is 25.2 Å². The molecule has 2 N–H and O–H groups in total. The molecule has 11 heteroatoms. The van der Waals surface area contributed by atoms with Crippen LogP contribution in [-0.2, 0) is 14.3 Å². The third-order valence-corrected chi connectivity index (χ3v) is 6.59. The Morgan fingerprint density at radius 2 is 1.58 bits per heavy atom. The van der Waals surface area contributed by atoms with E-state index in [1.807, 2.05) is 31.2 Å². The lowest BCUT2D eigenvalue weighted by atomic mass is 10.0. The highest BCUT2D eigenvalue weighted by molar-refractivity contribution is 6.25. The summed E-state index contributed by atoms with van der Waals surface area (Å²) < 4.78 is 10.2. The molecule has 0 aliphatic carbocycles. The fraction of sp³-hybridized carbons (Fsp3) is 0.312. The van der Waals surface area contributed by atoms with E-state index in [0.717, 1.165) is 17.7 Å². The second-order valence-electron chi connectivity index (χ2n) is 9.24. The number of likely N-dealkylation sites (N-methyl/N-ethyl adjacent to an activating group) is 1. The van der Waals surface area contributed by atoms with Crippen molar-refractivity contribution >= 4 is 29.2 Å². The van der Waals surface area contributed by atoms with E-state index < -0.39 is 18.0 Å². The van der Waals surface area contributed by atoms with E-state index in [-0.39, 0.29) is 48.6 Å². The molecule has 0 radical (unpaired) electrons.